The SMILES string of the molecule is NC1Cc2ccccc2N(Cc2nc(-c3ccccc3)cs2)C1. The average molecular weight is 321 g/mol. The lowest BCUT2D eigenvalue weighted by atomic mass is 9.98. The quantitative estimate of drug-likeness (QED) is 0.800. The van der Waals surface area contributed by atoms with Gasteiger partial charge in [0.1, 0.15) is 5.01 Å². The smallest absolute Gasteiger partial charge is 0.113 e. The van der Waals surface area contributed by atoms with E-state index in [-0.39, 0.29) is 6.04 Å². The van der Waals surface area contributed by atoms with E-state index in [4.69, 9.17) is 10.7 Å². The first-order valence-corrected chi connectivity index (χ1v) is 8.76. The van der Waals surface area contributed by atoms with Gasteiger partial charge in [-0.15, -0.1) is 11.3 Å². The van der Waals surface area contributed by atoms with Crippen LogP contribution in [0.5, 0.6) is 0 Å². The molecule has 1 aliphatic rings. The number of hydrogen-bond acceptors (Lipinski definition) is 4. The minimum Gasteiger partial charge on any atom is -0.363 e. The number of nitrogens with zero attached hydrogens (tertiary/aromatic N) is 2. The van der Waals surface area contributed by atoms with Crippen LogP contribution >= 0.6 is 11.3 Å². The standard InChI is InChI=1S/C19H19N3S/c20-16-10-15-8-4-5-9-18(15)22(11-16)12-19-21-17(13-23-19)14-6-2-1-3-7-14/h1-9,13,16H,10-12,20H2. The topological polar surface area (TPSA) is 42.1 Å². The predicted octanol–water partition coefficient (Wildman–Crippen LogP) is 3.70. The first-order valence-electron chi connectivity index (χ1n) is 7.88. The molecule has 1 unspecified atom stereocenters. The van der Waals surface area contributed by atoms with Crippen LogP contribution in [-0.2, 0) is 13.0 Å². The van der Waals surface area contributed by atoms with E-state index in [1.54, 1.807) is 11.3 Å². The van der Waals surface area contributed by atoms with Gasteiger partial charge in [0.2, 0.25) is 0 Å². The second-order valence-corrected chi connectivity index (χ2v) is 6.91. The maximum atomic E-state index is 6.23. The van der Waals surface area contributed by atoms with Crippen LogP contribution in [0, 0.1) is 0 Å². The van der Waals surface area contributed by atoms with Crippen LogP contribution < -0.4 is 10.6 Å². The van der Waals surface area contributed by atoms with Gasteiger partial charge in [-0.25, -0.2) is 4.98 Å². The molecule has 4 rings (SSSR count). The van der Waals surface area contributed by atoms with E-state index in [0.717, 1.165) is 30.2 Å². The molecule has 3 nitrogen and oxygen atoms in total. The molecule has 0 bridgehead atoms. The Balaban J connectivity index is 1.58. The van der Waals surface area contributed by atoms with Gasteiger partial charge in [-0.1, -0.05) is 48.5 Å². The van der Waals surface area contributed by atoms with E-state index in [1.807, 2.05) is 18.2 Å². The van der Waals surface area contributed by atoms with Crippen molar-refractivity contribution in [3.05, 3.63) is 70.5 Å². The molecule has 0 saturated heterocycles. The van der Waals surface area contributed by atoms with Gasteiger partial charge in [0.25, 0.3) is 0 Å². The zero-order valence-corrected chi connectivity index (χ0v) is 13.7. The van der Waals surface area contributed by atoms with Crippen molar-refractivity contribution >= 4 is 17.0 Å². The molecule has 0 amide bonds. The summed E-state index contributed by atoms with van der Waals surface area (Å²) in [4.78, 5) is 7.17. The largest absolute Gasteiger partial charge is 0.363 e. The average Bonchev–Trinajstić information content (AvgIpc) is 3.04. The Morgan fingerprint density at radius 1 is 1.09 bits per heavy atom. The summed E-state index contributed by atoms with van der Waals surface area (Å²) >= 11 is 1.72. The summed E-state index contributed by atoms with van der Waals surface area (Å²) in [6.07, 6.45) is 0.958. The summed E-state index contributed by atoms with van der Waals surface area (Å²) in [6, 6.07) is 19.1. The third-order valence-electron chi connectivity index (χ3n) is 4.22. The Morgan fingerprint density at radius 3 is 2.74 bits per heavy atom. The van der Waals surface area contributed by atoms with Gasteiger partial charge in [-0.3, -0.25) is 0 Å². The van der Waals surface area contributed by atoms with Gasteiger partial charge in [-0.2, -0.15) is 0 Å². The molecule has 0 radical (unpaired) electrons. The number of para-hydroxylation sites is 1. The summed E-state index contributed by atoms with van der Waals surface area (Å²) in [5.41, 5.74) is 11.1. The predicted molar refractivity (Wildman–Crippen MR) is 96.7 cm³/mol. The molecule has 1 atom stereocenters. The number of anilines is 1. The first kappa shape index (κ1) is 14.4. The van der Waals surface area contributed by atoms with Gasteiger partial charge in [0.05, 0.1) is 12.2 Å². The molecule has 2 heterocycles. The molecular weight excluding hydrogens is 302 g/mol. The van der Waals surface area contributed by atoms with Crippen molar-refractivity contribution in [1.82, 2.24) is 4.98 Å². The van der Waals surface area contributed by atoms with Crippen molar-refractivity contribution in [2.75, 3.05) is 11.4 Å². The van der Waals surface area contributed by atoms with Crippen molar-refractivity contribution in [2.24, 2.45) is 5.73 Å². The van der Waals surface area contributed by atoms with E-state index >= 15 is 0 Å². The molecule has 1 aromatic heterocycles. The second-order valence-electron chi connectivity index (χ2n) is 5.97. The lowest BCUT2D eigenvalue weighted by molar-refractivity contribution is 0.598. The van der Waals surface area contributed by atoms with Gasteiger partial charge in [-0.05, 0) is 18.1 Å². The Bertz CT molecular complexity index is 797. The van der Waals surface area contributed by atoms with Gasteiger partial charge in [0.15, 0.2) is 0 Å². The van der Waals surface area contributed by atoms with Crippen molar-refractivity contribution in [3.8, 4) is 11.3 Å². The van der Waals surface area contributed by atoms with Crippen LogP contribution in [0.3, 0.4) is 0 Å². The molecule has 0 aliphatic carbocycles. The number of aromatic nitrogens is 1. The molecule has 0 saturated carbocycles. The fourth-order valence-corrected chi connectivity index (χ4v) is 3.98. The molecule has 23 heavy (non-hydrogen) atoms. The van der Waals surface area contributed by atoms with E-state index in [1.165, 1.54) is 16.8 Å². The molecule has 116 valence electrons. The van der Waals surface area contributed by atoms with Crippen LogP contribution in [0.1, 0.15) is 10.6 Å². The number of benzene rings is 2. The van der Waals surface area contributed by atoms with Crippen LogP contribution in [-0.4, -0.2) is 17.6 Å². The molecule has 4 heteroatoms. The molecule has 2 aromatic carbocycles. The number of hydrogen-bond donors (Lipinski definition) is 1. The highest BCUT2D eigenvalue weighted by Crippen LogP contribution is 2.29. The second kappa shape index (κ2) is 6.14. The van der Waals surface area contributed by atoms with Crippen LogP contribution in [0.25, 0.3) is 11.3 Å². The normalized spacial score (nSPS) is 17.1. The molecular formula is C19H19N3S. The Kier molecular flexibility index (Phi) is 3.85. The van der Waals surface area contributed by atoms with Crippen LogP contribution in [0.2, 0.25) is 0 Å². The minimum atomic E-state index is 0.193. The number of thiazole rings is 1. The zero-order chi connectivity index (χ0) is 15.6. The molecule has 1 aliphatic heterocycles. The summed E-state index contributed by atoms with van der Waals surface area (Å²) in [7, 11) is 0. The summed E-state index contributed by atoms with van der Waals surface area (Å²) in [5.74, 6) is 0. The fraction of sp³-hybridized carbons (Fsp3) is 0.211. The van der Waals surface area contributed by atoms with Crippen LogP contribution in [0.15, 0.2) is 60.0 Å². The third kappa shape index (κ3) is 3.00. The van der Waals surface area contributed by atoms with Gasteiger partial charge in [0, 0.05) is 29.2 Å². The maximum Gasteiger partial charge on any atom is 0.113 e. The van der Waals surface area contributed by atoms with Crippen LogP contribution in [0.4, 0.5) is 5.69 Å². The number of nitrogens with two attached hydrogens (primary N) is 1. The highest BCUT2D eigenvalue weighted by molar-refractivity contribution is 7.10. The van der Waals surface area contributed by atoms with Gasteiger partial charge < -0.3 is 10.6 Å². The number of fused-ring (bicyclic) bond motifs is 1. The van der Waals surface area contributed by atoms with E-state index < -0.39 is 0 Å². The Labute approximate surface area is 140 Å². The fourth-order valence-electron chi connectivity index (χ4n) is 3.16. The highest BCUT2D eigenvalue weighted by Gasteiger charge is 2.22. The van der Waals surface area contributed by atoms with Gasteiger partial charge >= 0.3 is 0 Å². The summed E-state index contributed by atoms with van der Waals surface area (Å²) in [6.45, 7) is 1.71. The van der Waals surface area contributed by atoms with Crippen molar-refractivity contribution < 1.29 is 0 Å². The van der Waals surface area contributed by atoms with Crippen molar-refractivity contribution in [3.63, 3.8) is 0 Å². The Hall–Kier alpha value is -2.17. The van der Waals surface area contributed by atoms with Crippen molar-refractivity contribution in [1.29, 1.82) is 0 Å². The molecule has 0 fully saturated rings. The molecule has 3 aromatic rings. The Morgan fingerprint density at radius 2 is 1.87 bits per heavy atom. The molecule has 0 spiro atoms. The minimum absolute atomic E-state index is 0.193. The number of rotatable bonds is 3. The molecule has 2 N–H and O–H groups in total. The maximum absolute atomic E-state index is 6.23. The summed E-state index contributed by atoms with van der Waals surface area (Å²) in [5, 5.41) is 3.27. The lowest BCUT2D eigenvalue weighted by Gasteiger charge is -2.34. The van der Waals surface area contributed by atoms with Crippen molar-refractivity contribution in [2.45, 2.75) is 19.0 Å². The lowest BCUT2D eigenvalue weighted by Crippen LogP contribution is -2.42. The van der Waals surface area contributed by atoms with E-state index in [2.05, 4.69) is 46.7 Å². The van der Waals surface area contributed by atoms with E-state index in [9.17, 15) is 0 Å². The highest BCUT2D eigenvalue weighted by atomic mass is 32.1. The zero-order valence-electron chi connectivity index (χ0n) is 12.9. The monoisotopic (exact) mass is 321 g/mol. The third-order valence-corrected chi connectivity index (χ3v) is 5.05. The first-order chi connectivity index (χ1) is 11.3. The van der Waals surface area contributed by atoms with E-state index in [0.29, 0.717) is 0 Å². The summed E-state index contributed by atoms with van der Waals surface area (Å²) < 4.78 is 0.